The van der Waals surface area contributed by atoms with Crippen molar-refractivity contribution in [3.63, 3.8) is 0 Å². The molecular formula is C23H22IN3O4. The van der Waals surface area contributed by atoms with Crippen LogP contribution in [-0.4, -0.2) is 34.4 Å². The van der Waals surface area contributed by atoms with Gasteiger partial charge in [-0.15, -0.1) is 0 Å². The van der Waals surface area contributed by atoms with Gasteiger partial charge < -0.3 is 14.4 Å². The van der Waals surface area contributed by atoms with Crippen molar-refractivity contribution >= 4 is 40.7 Å². The van der Waals surface area contributed by atoms with Crippen molar-refractivity contribution in [3.05, 3.63) is 80.2 Å². The Kier molecular flexibility index (Phi) is 7.11. The minimum absolute atomic E-state index is 0.0471. The molecule has 0 aliphatic heterocycles. The van der Waals surface area contributed by atoms with Crippen molar-refractivity contribution in [2.24, 2.45) is 5.10 Å². The number of amides is 1. The van der Waals surface area contributed by atoms with E-state index in [-0.39, 0.29) is 11.7 Å². The minimum Gasteiger partial charge on any atom is -0.507 e. The number of hydrogen-bond donors (Lipinski definition) is 2. The summed E-state index contributed by atoms with van der Waals surface area (Å²) in [5.74, 6) is -0.734. The summed E-state index contributed by atoms with van der Waals surface area (Å²) >= 11 is 1.98. The van der Waals surface area contributed by atoms with E-state index in [0.29, 0.717) is 21.3 Å². The van der Waals surface area contributed by atoms with E-state index in [2.05, 4.69) is 10.5 Å². The van der Waals surface area contributed by atoms with Crippen LogP contribution in [0.25, 0.3) is 5.69 Å². The number of aromatic nitrogens is 1. The average molecular weight is 531 g/mol. The van der Waals surface area contributed by atoms with Gasteiger partial charge in [0.1, 0.15) is 5.75 Å². The van der Waals surface area contributed by atoms with Crippen LogP contribution in [-0.2, 0) is 4.74 Å². The Hall–Kier alpha value is -3.14. The van der Waals surface area contributed by atoms with Gasteiger partial charge in [0.05, 0.1) is 22.0 Å². The highest BCUT2D eigenvalue weighted by Gasteiger charge is 2.13. The van der Waals surface area contributed by atoms with Crippen LogP contribution < -0.4 is 5.43 Å². The van der Waals surface area contributed by atoms with Crippen molar-refractivity contribution in [1.29, 1.82) is 0 Å². The van der Waals surface area contributed by atoms with Crippen molar-refractivity contribution in [3.8, 4) is 11.4 Å². The van der Waals surface area contributed by atoms with Crippen LogP contribution in [0.1, 0.15) is 44.6 Å². The zero-order chi connectivity index (χ0) is 22.5. The van der Waals surface area contributed by atoms with Crippen LogP contribution in [0, 0.1) is 17.4 Å². The Morgan fingerprint density at radius 2 is 1.94 bits per heavy atom. The molecule has 160 valence electrons. The van der Waals surface area contributed by atoms with Gasteiger partial charge in [0.25, 0.3) is 5.91 Å². The molecule has 0 radical (unpaired) electrons. The number of benzene rings is 2. The van der Waals surface area contributed by atoms with Crippen LogP contribution in [0.3, 0.4) is 0 Å². The van der Waals surface area contributed by atoms with Gasteiger partial charge in [-0.1, -0.05) is 6.07 Å². The molecule has 0 unspecified atom stereocenters. The van der Waals surface area contributed by atoms with Crippen molar-refractivity contribution in [2.75, 3.05) is 6.61 Å². The topological polar surface area (TPSA) is 92.9 Å². The summed E-state index contributed by atoms with van der Waals surface area (Å²) in [5.41, 5.74) is 6.79. The fraction of sp³-hybridized carbons (Fsp3) is 0.174. The van der Waals surface area contributed by atoms with Gasteiger partial charge in [0, 0.05) is 28.2 Å². The number of nitrogens with zero attached hydrogens (tertiary/aromatic N) is 2. The summed E-state index contributed by atoms with van der Waals surface area (Å²) in [6.07, 6.45) is 1.57. The lowest BCUT2D eigenvalue weighted by Crippen LogP contribution is -2.17. The molecule has 2 N–H and O–H groups in total. The first-order chi connectivity index (χ1) is 14.8. The fourth-order valence-electron chi connectivity index (χ4n) is 3.18. The third-order valence-corrected chi connectivity index (χ3v) is 5.58. The fourth-order valence-corrected chi connectivity index (χ4v) is 3.52. The molecule has 0 atom stereocenters. The zero-order valence-electron chi connectivity index (χ0n) is 17.3. The highest BCUT2D eigenvalue weighted by molar-refractivity contribution is 14.1. The van der Waals surface area contributed by atoms with E-state index in [0.717, 1.165) is 22.6 Å². The monoisotopic (exact) mass is 531 g/mol. The summed E-state index contributed by atoms with van der Waals surface area (Å²) < 4.78 is 7.75. The molecule has 0 spiro atoms. The van der Waals surface area contributed by atoms with E-state index in [1.54, 1.807) is 37.4 Å². The summed E-state index contributed by atoms with van der Waals surface area (Å²) in [6.45, 7) is 5.98. The van der Waals surface area contributed by atoms with E-state index >= 15 is 0 Å². The van der Waals surface area contributed by atoms with Crippen molar-refractivity contribution < 1.29 is 19.4 Å². The zero-order valence-corrected chi connectivity index (χ0v) is 19.5. The number of hydrazone groups is 1. The third-order valence-electron chi connectivity index (χ3n) is 4.66. The number of nitrogens with one attached hydrogen (secondary N) is 1. The lowest BCUT2D eigenvalue weighted by molar-refractivity contribution is 0.0526. The first-order valence-electron chi connectivity index (χ1n) is 9.60. The second-order valence-corrected chi connectivity index (χ2v) is 7.96. The molecule has 0 fully saturated rings. The molecule has 3 aromatic rings. The van der Waals surface area contributed by atoms with Gasteiger partial charge in [0.2, 0.25) is 0 Å². The Balaban J connectivity index is 1.80. The summed E-state index contributed by atoms with van der Waals surface area (Å²) in [7, 11) is 0. The molecule has 0 saturated carbocycles. The molecule has 1 amide bonds. The summed E-state index contributed by atoms with van der Waals surface area (Å²) in [6, 6.07) is 13.8. The Bertz CT molecular complexity index is 1170. The molecule has 0 saturated heterocycles. The average Bonchev–Trinajstić information content (AvgIpc) is 3.03. The first-order valence-corrected chi connectivity index (χ1v) is 10.7. The van der Waals surface area contributed by atoms with E-state index in [1.807, 2.05) is 59.2 Å². The molecular weight excluding hydrogens is 509 g/mol. The second kappa shape index (κ2) is 9.78. The number of aromatic hydroxyl groups is 1. The van der Waals surface area contributed by atoms with Crippen LogP contribution in [0.15, 0.2) is 53.6 Å². The number of hydrogen-bond acceptors (Lipinski definition) is 5. The Morgan fingerprint density at radius 1 is 1.16 bits per heavy atom. The van der Waals surface area contributed by atoms with Crippen LogP contribution >= 0.6 is 22.6 Å². The largest absolute Gasteiger partial charge is 0.507 e. The van der Waals surface area contributed by atoms with E-state index in [9.17, 15) is 14.7 Å². The number of aryl methyl sites for hydroxylation is 1. The number of esters is 1. The van der Waals surface area contributed by atoms with Gasteiger partial charge in [0.15, 0.2) is 0 Å². The number of carbonyl (C=O) groups is 2. The molecule has 0 aliphatic rings. The molecule has 31 heavy (non-hydrogen) atoms. The first kappa shape index (κ1) is 22.5. The lowest BCUT2D eigenvalue weighted by Gasteiger charge is -2.11. The van der Waals surface area contributed by atoms with Crippen LogP contribution in [0.5, 0.6) is 5.75 Å². The van der Waals surface area contributed by atoms with Crippen molar-refractivity contribution in [1.82, 2.24) is 9.99 Å². The SMILES string of the molecule is CCOC(=O)c1cccc(-n2c(C)cc(/C=N\NC(=O)c3ccc(I)c(O)c3)c2C)c1. The highest BCUT2D eigenvalue weighted by atomic mass is 127. The second-order valence-electron chi connectivity index (χ2n) is 6.80. The van der Waals surface area contributed by atoms with Gasteiger partial charge in [-0.25, -0.2) is 10.2 Å². The quantitative estimate of drug-likeness (QED) is 0.214. The number of ether oxygens (including phenoxy) is 1. The summed E-state index contributed by atoms with van der Waals surface area (Å²) in [5, 5.41) is 13.8. The van der Waals surface area contributed by atoms with E-state index in [1.165, 1.54) is 6.07 Å². The molecule has 8 heteroatoms. The van der Waals surface area contributed by atoms with Crippen LogP contribution in [0.4, 0.5) is 0 Å². The van der Waals surface area contributed by atoms with Gasteiger partial charge in [-0.3, -0.25) is 4.79 Å². The molecule has 7 nitrogen and oxygen atoms in total. The molecule has 1 heterocycles. The summed E-state index contributed by atoms with van der Waals surface area (Å²) in [4.78, 5) is 24.3. The predicted octanol–water partition coefficient (Wildman–Crippen LogP) is 4.34. The van der Waals surface area contributed by atoms with Crippen molar-refractivity contribution in [2.45, 2.75) is 20.8 Å². The number of phenolic OH excluding ortho intramolecular Hbond substituents is 1. The van der Waals surface area contributed by atoms with Gasteiger partial charge in [-0.05, 0) is 85.8 Å². The van der Waals surface area contributed by atoms with E-state index in [4.69, 9.17) is 4.74 Å². The number of halogens is 1. The van der Waals surface area contributed by atoms with Crippen LogP contribution in [0.2, 0.25) is 0 Å². The number of phenols is 1. The smallest absolute Gasteiger partial charge is 0.338 e. The predicted molar refractivity (Wildman–Crippen MR) is 127 cm³/mol. The molecule has 1 aromatic heterocycles. The Labute approximate surface area is 193 Å². The molecule has 0 aliphatic carbocycles. The standard InChI is InChI=1S/C23H22IN3O4/c1-4-31-23(30)17-6-5-7-19(11-17)27-14(2)10-18(15(27)3)13-25-26-22(29)16-8-9-20(24)21(28)12-16/h5-13,28H,4H2,1-3H3,(H,26,29)/b25-13-. The van der Waals surface area contributed by atoms with E-state index < -0.39 is 5.91 Å². The molecule has 3 rings (SSSR count). The minimum atomic E-state index is -0.418. The normalized spacial score (nSPS) is 11.0. The molecule has 2 aromatic carbocycles. The highest BCUT2D eigenvalue weighted by Crippen LogP contribution is 2.22. The molecule has 0 bridgehead atoms. The number of rotatable bonds is 6. The maximum absolute atomic E-state index is 12.2. The van der Waals surface area contributed by atoms with Gasteiger partial charge >= 0.3 is 5.97 Å². The maximum atomic E-state index is 12.2. The van der Waals surface area contributed by atoms with Gasteiger partial charge in [-0.2, -0.15) is 5.10 Å². The maximum Gasteiger partial charge on any atom is 0.338 e. The third kappa shape index (κ3) is 5.13. The lowest BCUT2D eigenvalue weighted by atomic mass is 10.2. The Morgan fingerprint density at radius 3 is 2.65 bits per heavy atom. The number of carbonyl (C=O) groups excluding carboxylic acids is 2.